The van der Waals surface area contributed by atoms with Gasteiger partial charge in [0.15, 0.2) is 11.6 Å². The van der Waals surface area contributed by atoms with Crippen LogP contribution >= 0.6 is 0 Å². The largest absolute Gasteiger partial charge is 0.489 e. The number of benzene rings is 2. The first-order chi connectivity index (χ1) is 16.2. The highest BCUT2D eigenvalue weighted by Gasteiger charge is 2.13. The summed E-state index contributed by atoms with van der Waals surface area (Å²) in [4.78, 5) is 11.2. The van der Waals surface area contributed by atoms with Gasteiger partial charge < -0.3 is 9.47 Å². The minimum atomic E-state index is -0.291. The molecule has 33 heavy (non-hydrogen) atoms. The lowest BCUT2D eigenvalue weighted by atomic mass is 9.95. The zero-order valence-corrected chi connectivity index (χ0v) is 18.4. The molecule has 3 heterocycles. The number of ether oxygens (including phenoxy) is 2. The maximum Gasteiger partial charge on any atom is 0.159 e. The second kappa shape index (κ2) is 9.64. The number of hydrogen-bond donors (Lipinski definition) is 0. The number of halogens is 1. The summed E-state index contributed by atoms with van der Waals surface area (Å²) in [5.74, 6) is 0.951. The Labute approximate surface area is 191 Å². The molecule has 2 aromatic heterocycles. The summed E-state index contributed by atoms with van der Waals surface area (Å²) in [6.45, 7) is 5.26. The van der Waals surface area contributed by atoms with Gasteiger partial charge in [0.2, 0.25) is 0 Å². The summed E-state index contributed by atoms with van der Waals surface area (Å²) < 4.78 is 27.4. The average molecular weight is 446 g/mol. The van der Waals surface area contributed by atoms with E-state index in [0.717, 1.165) is 44.0 Å². The van der Waals surface area contributed by atoms with Crippen molar-refractivity contribution in [3.05, 3.63) is 60.2 Å². The van der Waals surface area contributed by atoms with Crippen LogP contribution in [-0.2, 0) is 11.3 Å². The van der Waals surface area contributed by atoms with Crippen molar-refractivity contribution in [1.29, 1.82) is 0 Å². The third kappa shape index (κ3) is 4.86. The minimum absolute atomic E-state index is 0.291. The maximum absolute atomic E-state index is 14.6. The van der Waals surface area contributed by atoms with Crippen LogP contribution < -0.4 is 10.2 Å². The van der Waals surface area contributed by atoms with Crippen LogP contribution in [0.15, 0.2) is 48.8 Å². The summed E-state index contributed by atoms with van der Waals surface area (Å²) in [5, 5.41) is 8.22. The lowest BCUT2D eigenvalue weighted by Crippen LogP contribution is -2.38. The SMILES string of the molecule is Bc1ccc2nnn(Cc3cccc(-c4ncc(OCCN5CCOCC5)cn4)c3)c2c1F. The van der Waals surface area contributed by atoms with Crippen LogP contribution in [0.5, 0.6) is 5.75 Å². The highest BCUT2D eigenvalue weighted by molar-refractivity contribution is 6.33. The molecule has 2 aromatic carbocycles. The Kier molecular flexibility index (Phi) is 6.27. The fraction of sp³-hybridized carbons (Fsp3) is 0.304. The molecule has 0 saturated carbocycles. The lowest BCUT2D eigenvalue weighted by Gasteiger charge is -2.26. The van der Waals surface area contributed by atoms with E-state index in [9.17, 15) is 4.39 Å². The maximum atomic E-state index is 14.6. The number of nitrogens with zero attached hydrogens (tertiary/aromatic N) is 6. The molecule has 10 heteroatoms. The fourth-order valence-corrected chi connectivity index (χ4v) is 3.88. The molecule has 1 aliphatic rings. The third-order valence-corrected chi connectivity index (χ3v) is 5.73. The summed E-state index contributed by atoms with van der Waals surface area (Å²) in [5.41, 5.74) is 3.35. The van der Waals surface area contributed by atoms with Gasteiger partial charge in [-0.2, -0.15) is 0 Å². The molecule has 1 fully saturated rings. The number of fused-ring (bicyclic) bond motifs is 1. The van der Waals surface area contributed by atoms with Crippen molar-refractivity contribution in [3.63, 3.8) is 0 Å². The molecule has 1 aliphatic heterocycles. The molecule has 0 amide bonds. The molecular weight excluding hydrogens is 422 g/mol. The van der Waals surface area contributed by atoms with Crippen LogP contribution in [0.1, 0.15) is 5.56 Å². The standard InChI is InChI=1S/C23H24BFN6O2/c24-19-4-5-20-22(21(19)25)31(29-28-20)15-16-2-1-3-17(12-16)23-26-13-18(14-27-23)33-11-8-30-6-9-32-10-7-30/h1-5,12-14H,6-11,15,24H2. The van der Waals surface area contributed by atoms with E-state index >= 15 is 0 Å². The Balaban J connectivity index is 1.26. The van der Waals surface area contributed by atoms with Crippen molar-refractivity contribution in [2.75, 3.05) is 39.5 Å². The third-order valence-electron chi connectivity index (χ3n) is 5.73. The Bertz CT molecular complexity index is 1240. The van der Waals surface area contributed by atoms with Gasteiger partial charge in [-0.3, -0.25) is 4.90 Å². The Morgan fingerprint density at radius 3 is 2.73 bits per heavy atom. The molecule has 1 saturated heterocycles. The fourth-order valence-electron chi connectivity index (χ4n) is 3.88. The first-order valence-electron chi connectivity index (χ1n) is 11.0. The Morgan fingerprint density at radius 1 is 1.09 bits per heavy atom. The molecule has 0 bridgehead atoms. The molecule has 0 atom stereocenters. The van der Waals surface area contributed by atoms with E-state index < -0.39 is 0 Å². The smallest absolute Gasteiger partial charge is 0.159 e. The molecule has 0 spiro atoms. The first-order valence-corrected chi connectivity index (χ1v) is 11.0. The molecule has 4 aromatic rings. The predicted molar refractivity (Wildman–Crippen MR) is 125 cm³/mol. The first kappa shape index (κ1) is 21.5. The van der Waals surface area contributed by atoms with Crippen molar-refractivity contribution in [2.45, 2.75) is 6.54 Å². The molecular formula is C23H24BFN6O2. The monoisotopic (exact) mass is 446 g/mol. The van der Waals surface area contributed by atoms with Gasteiger partial charge in [-0.1, -0.05) is 34.9 Å². The normalized spacial score (nSPS) is 14.6. The highest BCUT2D eigenvalue weighted by atomic mass is 19.1. The van der Waals surface area contributed by atoms with Crippen molar-refractivity contribution >= 4 is 24.3 Å². The van der Waals surface area contributed by atoms with E-state index in [1.54, 1.807) is 37.1 Å². The van der Waals surface area contributed by atoms with E-state index in [0.29, 0.717) is 41.2 Å². The van der Waals surface area contributed by atoms with Crippen LogP contribution in [0.4, 0.5) is 4.39 Å². The second-order valence-corrected chi connectivity index (χ2v) is 8.06. The molecule has 0 N–H and O–H groups in total. The van der Waals surface area contributed by atoms with Crippen LogP contribution in [0, 0.1) is 5.82 Å². The molecule has 0 radical (unpaired) electrons. The zero-order valence-electron chi connectivity index (χ0n) is 18.4. The average Bonchev–Trinajstić information content (AvgIpc) is 3.26. The number of rotatable bonds is 7. The van der Waals surface area contributed by atoms with Crippen molar-refractivity contribution in [3.8, 4) is 17.1 Å². The van der Waals surface area contributed by atoms with Crippen LogP contribution in [0.3, 0.4) is 0 Å². The van der Waals surface area contributed by atoms with Gasteiger partial charge in [-0.05, 0) is 17.7 Å². The van der Waals surface area contributed by atoms with E-state index in [1.807, 2.05) is 24.3 Å². The second-order valence-electron chi connectivity index (χ2n) is 8.06. The Hall–Kier alpha value is -3.37. The molecule has 0 aliphatic carbocycles. The van der Waals surface area contributed by atoms with Gasteiger partial charge in [0.25, 0.3) is 0 Å². The molecule has 8 nitrogen and oxygen atoms in total. The Morgan fingerprint density at radius 2 is 1.91 bits per heavy atom. The summed E-state index contributed by atoms with van der Waals surface area (Å²) in [7, 11) is 1.74. The lowest BCUT2D eigenvalue weighted by molar-refractivity contribution is 0.0322. The summed E-state index contributed by atoms with van der Waals surface area (Å²) >= 11 is 0. The molecule has 168 valence electrons. The number of aromatic nitrogens is 5. The van der Waals surface area contributed by atoms with Gasteiger partial charge in [-0.25, -0.2) is 19.0 Å². The van der Waals surface area contributed by atoms with Gasteiger partial charge in [0.05, 0.1) is 32.2 Å². The zero-order chi connectivity index (χ0) is 22.6. The van der Waals surface area contributed by atoms with Gasteiger partial charge in [0, 0.05) is 25.2 Å². The number of hydrogen-bond acceptors (Lipinski definition) is 7. The topological polar surface area (TPSA) is 78.2 Å². The minimum Gasteiger partial charge on any atom is -0.489 e. The van der Waals surface area contributed by atoms with E-state index in [-0.39, 0.29) is 5.82 Å². The van der Waals surface area contributed by atoms with E-state index in [1.165, 1.54) is 0 Å². The van der Waals surface area contributed by atoms with Crippen molar-refractivity contribution in [2.24, 2.45) is 0 Å². The van der Waals surface area contributed by atoms with Gasteiger partial charge in [0.1, 0.15) is 31.3 Å². The van der Waals surface area contributed by atoms with Crippen molar-refractivity contribution < 1.29 is 13.9 Å². The van der Waals surface area contributed by atoms with Gasteiger partial charge >= 0.3 is 0 Å². The van der Waals surface area contributed by atoms with Crippen LogP contribution in [0.2, 0.25) is 0 Å². The predicted octanol–water partition coefficient (Wildman–Crippen LogP) is 1.05. The van der Waals surface area contributed by atoms with Crippen LogP contribution in [0.25, 0.3) is 22.4 Å². The quantitative estimate of drug-likeness (QED) is 0.393. The summed E-state index contributed by atoms with van der Waals surface area (Å²) in [6, 6.07) is 11.3. The molecule has 0 unspecified atom stereocenters. The number of morpholine rings is 1. The van der Waals surface area contributed by atoms with Crippen LogP contribution in [-0.4, -0.2) is 77.2 Å². The van der Waals surface area contributed by atoms with E-state index in [4.69, 9.17) is 9.47 Å². The van der Waals surface area contributed by atoms with Gasteiger partial charge in [-0.15, -0.1) is 5.10 Å². The highest BCUT2D eigenvalue weighted by Crippen LogP contribution is 2.20. The van der Waals surface area contributed by atoms with Crippen molar-refractivity contribution in [1.82, 2.24) is 29.9 Å². The summed E-state index contributed by atoms with van der Waals surface area (Å²) in [6.07, 6.45) is 3.38. The molecule has 5 rings (SSSR count). The van der Waals surface area contributed by atoms with E-state index in [2.05, 4.69) is 25.2 Å².